The van der Waals surface area contributed by atoms with Gasteiger partial charge in [0.05, 0.1) is 25.0 Å². The Morgan fingerprint density at radius 1 is 1.50 bits per heavy atom. The molecule has 0 saturated carbocycles. The minimum atomic E-state index is 0.131. The number of anilines is 1. The molecule has 0 radical (unpaired) electrons. The lowest BCUT2D eigenvalue weighted by Gasteiger charge is -2.33. The third-order valence-corrected chi connectivity index (χ3v) is 3.83. The molecule has 2 rings (SSSR count). The molecule has 2 heterocycles. The van der Waals surface area contributed by atoms with E-state index in [9.17, 15) is 0 Å². The third kappa shape index (κ3) is 3.46. The van der Waals surface area contributed by atoms with Crippen LogP contribution in [0.4, 0.5) is 5.69 Å². The molecule has 0 bridgehead atoms. The van der Waals surface area contributed by atoms with Gasteiger partial charge in [0.15, 0.2) is 0 Å². The Hall–Kier alpha value is -1.07. The molecule has 1 aliphatic rings. The van der Waals surface area contributed by atoms with Gasteiger partial charge in [0.1, 0.15) is 0 Å². The molecule has 102 valence electrons. The fraction of sp³-hybridized carbons (Fsp3) is 0.769. The van der Waals surface area contributed by atoms with E-state index in [2.05, 4.69) is 29.3 Å². The van der Waals surface area contributed by atoms with Crippen molar-refractivity contribution < 1.29 is 5.11 Å². The summed E-state index contributed by atoms with van der Waals surface area (Å²) in [5, 5.41) is 16.6. The van der Waals surface area contributed by atoms with Gasteiger partial charge in [-0.05, 0) is 45.8 Å². The average molecular weight is 252 g/mol. The van der Waals surface area contributed by atoms with E-state index < -0.39 is 0 Å². The van der Waals surface area contributed by atoms with Crippen molar-refractivity contribution in [2.45, 2.75) is 32.4 Å². The zero-order valence-electron chi connectivity index (χ0n) is 11.3. The number of nitrogens with one attached hydrogen (secondary N) is 1. The van der Waals surface area contributed by atoms with Crippen LogP contribution in [0.25, 0.3) is 0 Å². The van der Waals surface area contributed by atoms with Crippen molar-refractivity contribution in [2.24, 2.45) is 5.92 Å². The van der Waals surface area contributed by atoms with Crippen molar-refractivity contribution in [3.63, 3.8) is 0 Å². The van der Waals surface area contributed by atoms with Crippen LogP contribution in [0.15, 0.2) is 12.4 Å². The summed E-state index contributed by atoms with van der Waals surface area (Å²) in [4.78, 5) is 2.39. The van der Waals surface area contributed by atoms with Crippen LogP contribution < -0.4 is 5.32 Å². The molecular weight excluding hydrogens is 228 g/mol. The summed E-state index contributed by atoms with van der Waals surface area (Å²) >= 11 is 0. The maximum absolute atomic E-state index is 8.85. The monoisotopic (exact) mass is 252 g/mol. The lowest BCUT2D eigenvalue weighted by atomic mass is 9.90. The van der Waals surface area contributed by atoms with E-state index in [-0.39, 0.29) is 6.61 Å². The first-order valence-corrected chi connectivity index (χ1v) is 6.77. The van der Waals surface area contributed by atoms with Crippen molar-refractivity contribution in [3.05, 3.63) is 12.4 Å². The predicted molar refractivity (Wildman–Crippen MR) is 72.6 cm³/mol. The number of hydrogen-bond acceptors (Lipinski definition) is 4. The van der Waals surface area contributed by atoms with E-state index >= 15 is 0 Å². The molecule has 1 saturated heterocycles. The van der Waals surface area contributed by atoms with E-state index in [1.54, 1.807) is 4.68 Å². The van der Waals surface area contributed by atoms with E-state index in [1.807, 2.05) is 12.4 Å². The van der Waals surface area contributed by atoms with Crippen molar-refractivity contribution in [1.82, 2.24) is 14.7 Å². The van der Waals surface area contributed by atoms with Crippen LogP contribution in [-0.4, -0.2) is 52.6 Å². The van der Waals surface area contributed by atoms with E-state index in [0.29, 0.717) is 12.6 Å². The maximum Gasteiger partial charge on any atom is 0.0728 e. The first-order valence-electron chi connectivity index (χ1n) is 6.77. The standard InChI is InChI=1S/C13H24N4O/c1-11(12-3-5-16(2)6-4-12)15-13-9-14-17(10-13)7-8-18/h9-12,15,18H,3-8H2,1-2H3. The number of piperidine rings is 1. The highest BCUT2D eigenvalue weighted by Gasteiger charge is 2.22. The molecule has 0 amide bonds. The zero-order chi connectivity index (χ0) is 13.0. The van der Waals surface area contributed by atoms with Gasteiger partial charge >= 0.3 is 0 Å². The van der Waals surface area contributed by atoms with Gasteiger partial charge < -0.3 is 15.3 Å². The Labute approximate surface area is 109 Å². The van der Waals surface area contributed by atoms with Crippen molar-refractivity contribution in [1.29, 1.82) is 0 Å². The highest BCUT2D eigenvalue weighted by Crippen LogP contribution is 2.22. The lowest BCUT2D eigenvalue weighted by molar-refractivity contribution is 0.208. The van der Waals surface area contributed by atoms with Crippen LogP contribution in [0.1, 0.15) is 19.8 Å². The van der Waals surface area contributed by atoms with Gasteiger partial charge in [-0.1, -0.05) is 0 Å². The van der Waals surface area contributed by atoms with Gasteiger partial charge in [0, 0.05) is 12.2 Å². The molecule has 1 atom stereocenters. The number of nitrogens with zero attached hydrogens (tertiary/aromatic N) is 3. The van der Waals surface area contributed by atoms with Gasteiger partial charge in [-0.15, -0.1) is 0 Å². The molecule has 0 aliphatic carbocycles. The minimum absolute atomic E-state index is 0.131. The number of likely N-dealkylation sites (tertiary alicyclic amines) is 1. The molecule has 18 heavy (non-hydrogen) atoms. The molecular formula is C13H24N4O. The summed E-state index contributed by atoms with van der Waals surface area (Å²) in [7, 11) is 2.19. The van der Waals surface area contributed by atoms with Gasteiger partial charge in [0.25, 0.3) is 0 Å². The van der Waals surface area contributed by atoms with E-state index in [0.717, 1.165) is 11.6 Å². The Balaban J connectivity index is 1.84. The largest absolute Gasteiger partial charge is 0.394 e. The molecule has 2 N–H and O–H groups in total. The summed E-state index contributed by atoms with van der Waals surface area (Å²) in [6.45, 7) is 5.33. The number of aromatic nitrogens is 2. The first kappa shape index (κ1) is 13.4. The van der Waals surface area contributed by atoms with E-state index in [4.69, 9.17) is 5.11 Å². The summed E-state index contributed by atoms with van der Waals surface area (Å²) < 4.78 is 1.77. The molecule has 1 aliphatic heterocycles. The molecule has 5 heteroatoms. The van der Waals surface area contributed by atoms with Crippen LogP contribution in [0.2, 0.25) is 0 Å². The Morgan fingerprint density at radius 3 is 2.89 bits per heavy atom. The number of hydrogen-bond donors (Lipinski definition) is 2. The normalized spacial score (nSPS) is 19.9. The van der Waals surface area contributed by atoms with Gasteiger partial charge in [0.2, 0.25) is 0 Å². The van der Waals surface area contributed by atoms with Gasteiger partial charge in [-0.25, -0.2) is 0 Å². The van der Waals surface area contributed by atoms with Crippen molar-refractivity contribution in [2.75, 3.05) is 32.1 Å². The lowest BCUT2D eigenvalue weighted by Crippen LogP contribution is -2.37. The second kappa shape index (κ2) is 6.20. The van der Waals surface area contributed by atoms with Gasteiger partial charge in [-0.2, -0.15) is 5.10 Å². The Kier molecular flexibility index (Phi) is 4.60. The molecule has 1 fully saturated rings. The summed E-state index contributed by atoms with van der Waals surface area (Å²) in [5.74, 6) is 0.738. The fourth-order valence-corrected chi connectivity index (χ4v) is 2.57. The summed E-state index contributed by atoms with van der Waals surface area (Å²) in [5.41, 5.74) is 1.05. The van der Waals surface area contributed by atoms with Gasteiger partial charge in [-0.3, -0.25) is 4.68 Å². The topological polar surface area (TPSA) is 53.3 Å². The van der Waals surface area contributed by atoms with Crippen LogP contribution in [0.5, 0.6) is 0 Å². The Bertz CT molecular complexity index is 358. The van der Waals surface area contributed by atoms with Crippen molar-refractivity contribution >= 4 is 5.69 Å². The zero-order valence-corrected chi connectivity index (χ0v) is 11.3. The summed E-state index contributed by atoms with van der Waals surface area (Å²) in [6.07, 6.45) is 6.31. The van der Waals surface area contributed by atoms with Crippen molar-refractivity contribution in [3.8, 4) is 0 Å². The molecule has 0 spiro atoms. The molecule has 1 aromatic rings. The Morgan fingerprint density at radius 2 is 2.22 bits per heavy atom. The second-order valence-electron chi connectivity index (χ2n) is 5.29. The fourth-order valence-electron chi connectivity index (χ4n) is 2.57. The van der Waals surface area contributed by atoms with Crippen LogP contribution in [0.3, 0.4) is 0 Å². The van der Waals surface area contributed by atoms with E-state index in [1.165, 1.54) is 25.9 Å². The average Bonchev–Trinajstić information content (AvgIpc) is 2.78. The highest BCUT2D eigenvalue weighted by atomic mass is 16.3. The first-order chi connectivity index (χ1) is 8.69. The smallest absolute Gasteiger partial charge is 0.0728 e. The SMILES string of the molecule is CC(Nc1cnn(CCO)c1)C1CCN(C)CC1. The molecule has 1 unspecified atom stereocenters. The molecule has 5 nitrogen and oxygen atoms in total. The quantitative estimate of drug-likeness (QED) is 0.821. The highest BCUT2D eigenvalue weighted by molar-refractivity contribution is 5.39. The second-order valence-corrected chi connectivity index (χ2v) is 5.29. The minimum Gasteiger partial charge on any atom is -0.394 e. The number of aliphatic hydroxyl groups is 1. The van der Waals surface area contributed by atoms with Crippen LogP contribution >= 0.6 is 0 Å². The summed E-state index contributed by atoms with van der Waals surface area (Å²) in [6, 6.07) is 0.477. The predicted octanol–water partition coefficient (Wildman–Crippen LogP) is 1.02. The third-order valence-electron chi connectivity index (χ3n) is 3.83. The molecule has 0 aromatic carbocycles. The number of aliphatic hydroxyl groups excluding tert-OH is 1. The maximum atomic E-state index is 8.85. The van der Waals surface area contributed by atoms with Crippen LogP contribution in [0, 0.1) is 5.92 Å². The van der Waals surface area contributed by atoms with Crippen LogP contribution in [-0.2, 0) is 6.54 Å². The molecule has 1 aromatic heterocycles. The number of rotatable bonds is 5.